The van der Waals surface area contributed by atoms with E-state index in [0.29, 0.717) is 27.3 Å². The second kappa shape index (κ2) is 14.6. The van der Waals surface area contributed by atoms with Crippen molar-refractivity contribution in [3.8, 4) is 23.0 Å². The molecule has 0 saturated heterocycles. The molecule has 6 aromatic carbocycles. The third kappa shape index (κ3) is 7.68. The Kier molecular flexibility index (Phi) is 10.2. The molecule has 0 fully saturated rings. The van der Waals surface area contributed by atoms with Crippen LogP contribution in [-0.4, -0.2) is 23.9 Å². The van der Waals surface area contributed by atoms with Crippen LogP contribution in [0.2, 0.25) is 5.02 Å². The third-order valence-electron chi connectivity index (χ3n) is 8.55. The average Bonchev–Trinajstić information content (AvgIpc) is 3.13. The minimum atomic E-state index is -5.80. The first-order valence-electron chi connectivity index (χ1n) is 16.0. The predicted octanol–water partition coefficient (Wildman–Crippen LogP) is 12.1. The van der Waals surface area contributed by atoms with E-state index < -0.39 is 28.9 Å². The van der Waals surface area contributed by atoms with E-state index in [2.05, 4.69) is 0 Å². The number of aryl methyl sites for hydroxylation is 1. The summed E-state index contributed by atoms with van der Waals surface area (Å²) in [5.41, 5.74) is -3.96. The molecule has 0 atom stereocenters. The SMILES string of the molecule is Cc1ccc(C(=O)c2ccc(Oc3ccc(C(c4ccc(Oc5ccc(C(=O)c6ccc(Cl)cc6)cc5)cc4)(C(F)(F)F)C(F)(F)F)cc3)cc2)cc1. The monoisotopic (exact) mass is 744 g/mol. The lowest BCUT2D eigenvalue weighted by Crippen LogP contribution is -2.54. The number of carbonyl (C=O) groups excluding carboxylic acids is 2. The zero-order chi connectivity index (χ0) is 38.0. The highest BCUT2D eigenvalue weighted by Crippen LogP contribution is 2.56. The number of rotatable bonds is 10. The summed E-state index contributed by atoms with van der Waals surface area (Å²) in [6.07, 6.45) is -11.6. The first-order valence-corrected chi connectivity index (χ1v) is 16.4. The molecule has 0 spiro atoms. The van der Waals surface area contributed by atoms with Gasteiger partial charge in [-0.15, -0.1) is 0 Å². The van der Waals surface area contributed by atoms with Gasteiger partial charge in [-0.3, -0.25) is 9.59 Å². The minimum Gasteiger partial charge on any atom is -0.457 e. The highest BCUT2D eigenvalue weighted by atomic mass is 35.5. The predicted molar refractivity (Wildman–Crippen MR) is 188 cm³/mol. The smallest absolute Gasteiger partial charge is 0.411 e. The minimum absolute atomic E-state index is 0.0192. The van der Waals surface area contributed by atoms with Crippen molar-refractivity contribution in [2.75, 3.05) is 0 Å². The molecule has 0 aliphatic carbocycles. The number of ether oxygens (including phenoxy) is 2. The summed E-state index contributed by atoms with van der Waals surface area (Å²) in [4.78, 5) is 25.5. The largest absolute Gasteiger partial charge is 0.457 e. The molecule has 0 heterocycles. The highest BCUT2D eigenvalue weighted by Gasteiger charge is 2.72. The molecular formula is C42H27ClF6O4. The summed E-state index contributed by atoms with van der Waals surface area (Å²) >= 11 is 5.88. The lowest BCUT2D eigenvalue weighted by atomic mass is 9.73. The Morgan fingerprint density at radius 2 is 0.698 bits per heavy atom. The molecule has 0 aliphatic heterocycles. The maximum atomic E-state index is 14.8. The topological polar surface area (TPSA) is 52.6 Å². The Morgan fingerprint density at radius 3 is 1.00 bits per heavy atom. The molecular weight excluding hydrogens is 718 g/mol. The van der Waals surface area contributed by atoms with E-state index in [1.54, 1.807) is 36.4 Å². The van der Waals surface area contributed by atoms with Gasteiger partial charge in [0.1, 0.15) is 23.0 Å². The van der Waals surface area contributed by atoms with Crippen LogP contribution in [-0.2, 0) is 5.41 Å². The van der Waals surface area contributed by atoms with Crippen molar-refractivity contribution in [3.05, 3.63) is 190 Å². The van der Waals surface area contributed by atoms with Crippen molar-refractivity contribution in [2.45, 2.75) is 24.7 Å². The molecule has 0 radical (unpaired) electrons. The molecule has 268 valence electrons. The lowest BCUT2D eigenvalue weighted by Gasteiger charge is -2.38. The number of hydrogen-bond donors (Lipinski definition) is 0. The molecule has 53 heavy (non-hydrogen) atoms. The van der Waals surface area contributed by atoms with Crippen molar-refractivity contribution in [3.63, 3.8) is 0 Å². The lowest BCUT2D eigenvalue weighted by molar-refractivity contribution is -0.288. The first-order chi connectivity index (χ1) is 25.2. The number of ketones is 2. The van der Waals surface area contributed by atoms with Gasteiger partial charge in [0.25, 0.3) is 0 Å². The van der Waals surface area contributed by atoms with Gasteiger partial charge in [0, 0.05) is 27.3 Å². The summed E-state index contributed by atoms with van der Waals surface area (Å²) in [5, 5.41) is 0.468. The quantitative estimate of drug-likeness (QED) is 0.104. The molecule has 11 heteroatoms. The summed E-state index contributed by atoms with van der Waals surface area (Å²) in [6.45, 7) is 1.89. The van der Waals surface area contributed by atoms with Crippen molar-refractivity contribution >= 4 is 23.2 Å². The molecule has 0 aliphatic rings. The maximum Gasteiger partial charge on any atom is 0.411 e. The fourth-order valence-corrected chi connectivity index (χ4v) is 5.91. The van der Waals surface area contributed by atoms with Crippen molar-refractivity contribution in [2.24, 2.45) is 0 Å². The van der Waals surface area contributed by atoms with Crippen LogP contribution in [0.25, 0.3) is 0 Å². The van der Waals surface area contributed by atoms with Gasteiger partial charge in [-0.05, 0) is 115 Å². The van der Waals surface area contributed by atoms with Crippen LogP contribution in [0.4, 0.5) is 26.3 Å². The van der Waals surface area contributed by atoms with Gasteiger partial charge in [-0.2, -0.15) is 26.3 Å². The van der Waals surface area contributed by atoms with E-state index in [1.165, 1.54) is 48.5 Å². The number of benzene rings is 6. The van der Waals surface area contributed by atoms with Crippen molar-refractivity contribution in [1.82, 2.24) is 0 Å². The Hall–Kier alpha value is -5.87. The standard InChI is InChI=1S/C42H27ClF6O4/c1-26-2-4-27(5-3-26)38(50)29-8-18-34(19-9-29)52-36-22-12-31(13-23-36)40(41(44,45)46,42(47,48)49)32-14-24-37(25-15-32)53-35-20-10-30(11-21-35)39(51)28-6-16-33(43)17-7-28/h2-25H,1H3. The molecule has 0 unspecified atom stereocenters. The van der Waals surface area contributed by atoms with Crippen LogP contribution in [0.1, 0.15) is 48.5 Å². The fourth-order valence-electron chi connectivity index (χ4n) is 5.79. The van der Waals surface area contributed by atoms with Gasteiger partial charge >= 0.3 is 12.4 Å². The first kappa shape index (κ1) is 36.9. The van der Waals surface area contributed by atoms with Crippen molar-refractivity contribution in [1.29, 1.82) is 0 Å². The summed E-state index contributed by atoms with van der Waals surface area (Å²) in [5.74, 6) is -0.142. The maximum absolute atomic E-state index is 14.8. The molecule has 4 nitrogen and oxygen atoms in total. The number of carbonyl (C=O) groups is 2. The van der Waals surface area contributed by atoms with Gasteiger partial charge in [-0.1, -0.05) is 65.7 Å². The second-order valence-corrected chi connectivity index (χ2v) is 12.5. The van der Waals surface area contributed by atoms with Gasteiger partial charge in [0.2, 0.25) is 5.41 Å². The van der Waals surface area contributed by atoms with E-state index >= 15 is 0 Å². The van der Waals surface area contributed by atoms with Crippen LogP contribution in [0.15, 0.2) is 146 Å². The van der Waals surface area contributed by atoms with Gasteiger partial charge < -0.3 is 9.47 Å². The zero-order valence-electron chi connectivity index (χ0n) is 27.6. The third-order valence-corrected chi connectivity index (χ3v) is 8.80. The number of alkyl halides is 6. The Morgan fingerprint density at radius 1 is 0.434 bits per heavy atom. The number of hydrogen-bond acceptors (Lipinski definition) is 4. The van der Waals surface area contributed by atoms with Crippen molar-refractivity contribution < 1.29 is 45.4 Å². The van der Waals surface area contributed by atoms with E-state index in [-0.39, 0.29) is 34.6 Å². The molecule has 0 amide bonds. The van der Waals surface area contributed by atoms with Crippen LogP contribution in [0.5, 0.6) is 23.0 Å². The summed E-state index contributed by atoms with van der Waals surface area (Å²) in [6, 6.07) is 32.1. The van der Waals surface area contributed by atoms with E-state index in [1.807, 2.05) is 19.1 Å². The zero-order valence-corrected chi connectivity index (χ0v) is 28.4. The summed E-state index contributed by atoms with van der Waals surface area (Å²) in [7, 11) is 0. The van der Waals surface area contributed by atoms with E-state index in [4.69, 9.17) is 21.1 Å². The van der Waals surface area contributed by atoms with Crippen LogP contribution in [0, 0.1) is 6.92 Å². The van der Waals surface area contributed by atoms with E-state index in [9.17, 15) is 35.9 Å². The van der Waals surface area contributed by atoms with Crippen LogP contribution < -0.4 is 9.47 Å². The van der Waals surface area contributed by atoms with Crippen LogP contribution >= 0.6 is 11.6 Å². The highest BCUT2D eigenvalue weighted by molar-refractivity contribution is 6.30. The average molecular weight is 745 g/mol. The Balaban J connectivity index is 1.20. The molecule has 6 rings (SSSR count). The normalized spacial score (nSPS) is 11.9. The van der Waals surface area contributed by atoms with E-state index in [0.717, 1.165) is 54.1 Å². The number of halogens is 7. The molecule has 0 saturated carbocycles. The molecule has 6 aromatic rings. The second-order valence-electron chi connectivity index (χ2n) is 12.1. The fraction of sp³-hybridized carbons (Fsp3) is 0.0952. The van der Waals surface area contributed by atoms with Crippen LogP contribution in [0.3, 0.4) is 0 Å². The summed E-state index contributed by atoms with van der Waals surface area (Å²) < 4.78 is 100. The van der Waals surface area contributed by atoms with Gasteiger partial charge in [0.15, 0.2) is 11.6 Å². The van der Waals surface area contributed by atoms with Gasteiger partial charge in [-0.25, -0.2) is 0 Å². The molecule has 0 bridgehead atoms. The molecule has 0 N–H and O–H groups in total. The Labute approximate surface area is 305 Å². The Bertz CT molecular complexity index is 2050. The van der Waals surface area contributed by atoms with Gasteiger partial charge in [0.05, 0.1) is 0 Å². The molecule has 0 aromatic heterocycles.